The molecule has 0 radical (unpaired) electrons. The lowest BCUT2D eigenvalue weighted by atomic mass is 10.0. The Bertz CT molecular complexity index is 1040. The minimum absolute atomic E-state index is 0.130. The number of nitriles is 1. The first kappa shape index (κ1) is 16.7. The van der Waals surface area contributed by atoms with E-state index in [2.05, 4.69) is 9.88 Å². The fourth-order valence-corrected chi connectivity index (χ4v) is 3.61. The molecule has 126 valence electrons. The minimum Gasteiger partial charge on any atom is -0.361 e. The molecule has 6 nitrogen and oxygen atoms in total. The van der Waals surface area contributed by atoms with Gasteiger partial charge in [-0.25, -0.2) is 8.42 Å². The predicted molar refractivity (Wildman–Crippen MR) is 93.4 cm³/mol. The van der Waals surface area contributed by atoms with E-state index in [9.17, 15) is 8.42 Å². The summed E-state index contributed by atoms with van der Waals surface area (Å²) in [6.45, 7) is 3.64. The Morgan fingerprint density at radius 2 is 1.84 bits per heavy atom. The van der Waals surface area contributed by atoms with Crippen molar-refractivity contribution in [3.63, 3.8) is 0 Å². The van der Waals surface area contributed by atoms with Crippen LogP contribution >= 0.6 is 0 Å². The Labute approximate surface area is 145 Å². The van der Waals surface area contributed by atoms with Crippen LogP contribution in [0.2, 0.25) is 0 Å². The maximum Gasteiger partial charge on any atom is 0.261 e. The molecule has 0 saturated heterocycles. The lowest BCUT2D eigenvalue weighted by molar-refractivity contribution is 0.393. The van der Waals surface area contributed by atoms with Crippen LogP contribution in [-0.2, 0) is 10.0 Å². The van der Waals surface area contributed by atoms with Gasteiger partial charge in [-0.05, 0) is 49.7 Å². The zero-order valence-corrected chi connectivity index (χ0v) is 14.5. The zero-order chi connectivity index (χ0) is 18.0. The quantitative estimate of drug-likeness (QED) is 0.772. The number of benzene rings is 2. The van der Waals surface area contributed by atoms with E-state index < -0.39 is 10.0 Å². The van der Waals surface area contributed by atoms with E-state index in [4.69, 9.17) is 9.78 Å². The first-order valence-corrected chi connectivity index (χ1v) is 8.95. The van der Waals surface area contributed by atoms with Crippen LogP contribution in [-0.4, -0.2) is 13.6 Å². The first-order chi connectivity index (χ1) is 11.9. The van der Waals surface area contributed by atoms with Crippen molar-refractivity contribution in [3.8, 4) is 17.2 Å². The molecule has 1 heterocycles. The highest BCUT2D eigenvalue weighted by Crippen LogP contribution is 2.28. The zero-order valence-electron chi connectivity index (χ0n) is 13.6. The fourth-order valence-electron chi connectivity index (χ4n) is 2.56. The van der Waals surface area contributed by atoms with Gasteiger partial charge in [-0.1, -0.05) is 23.4 Å². The molecule has 0 unspecified atom stereocenters. The third-order valence-corrected chi connectivity index (χ3v) is 5.13. The van der Waals surface area contributed by atoms with Gasteiger partial charge in [0.15, 0.2) is 0 Å². The highest BCUT2D eigenvalue weighted by Gasteiger charge is 2.16. The molecular weight excluding hydrogens is 338 g/mol. The number of aromatic nitrogens is 1. The fraction of sp³-hybridized carbons (Fsp3) is 0.111. The Morgan fingerprint density at radius 3 is 2.44 bits per heavy atom. The number of nitrogens with one attached hydrogen (secondary N) is 1. The van der Waals surface area contributed by atoms with Crippen molar-refractivity contribution in [3.05, 3.63) is 65.5 Å². The molecule has 7 heteroatoms. The topological polar surface area (TPSA) is 96.0 Å². The van der Waals surface area contributed by atoms with Crippen molar-refractivity contribution in [2.45, 2.75) is 18.7 Å². The van der Waals surface area contributed by atoms with E-state index in [0.29, 0.717) is 17.0 Å². The van der Waals surface area contributed by atoms with Crippen LogP contribution in [0.3, 0.4) is 0 Å². The number of sulfonamides is 1. The second kappa shape index (κ2) is 6.42. The Morgan fingerprint density at radius 1 is 1.12 bits per heavy atom. The molecule has 0 aliphatic heterocycles. The Hall–Kier alpha value is -3.11. The molecule has 2 aromatic carbocycles. The third-order valence-electron chi connectivity index (χ3n) is 3.73. The molecule has 1 aromatic heterocycles. The number of hydrogen-bond acceptors (Lipinski definition) is 5. The van der Waals surface area contributed by atoms with Gasteiger partial charge in [0, 0.05) is 5.56 Å². The van der Waals surface area contributed by atoms with Gasteiger partial charge in [-0.15, -0.1) is 0 Å². The molecule has 0 fully saturated rings. The van der Waals surface area contributed by atoms with Crippen LogP contribution in [0.5, 0.6) is 0 Å². The number of hydrogen-bond donors (Lipinski definition) is 1. The number of rotatable bonds is 4. The molecule has 0 aliphatic rings. The van der Waals surface area contributed by atoms with Crippen LogP contribution in [0.4, 0.5) is 5.69 Å². The van der Waals surface area contributed by atoms with Gasteiger partial charge in [0.05, 0.1) is 27.9 Å². The van der Waals surface area contributed by atoms with Crippen molar-refractivity contribution in [1.29, 1.82) is 5.26 Å². The smallest absolute Gasteiger partial charge is 0.261 e. The standard InChI is InChI=1S/C18H15N3O3S/c1-12-18(13(2)24-20-12)15-6-8-17(9-7-15)25(22,23)21-16-5-3-4-14(10-16)11-19/h3-10,21H,1-2H3. The summed E-state index contributed by atoms with van der Waals surface area (Å²) in [6.07, 6.45) is 0. The van der Waals surface area contributed by atoms with E-state index in [1.165, 1.54) is 18.2 Å². The van der Waals surface area contributed by atoms with E-state index in [1.807, 2.05) is 19.9 Å². The maximum absolute atomic E-state index is 12.5. The lowest BCUT2D eigenvalue weighted by Gasteiger charge is -2.09. The molecule has 1 N–H and O–H groups in total. The molecular formula is C18H15N3O3S. The number of anilines is 1. The van der Waals surface area contributed by atoms with Gasteiger partial charge in [-0.3, -0.25) is 4.72 Å². The average molecular weight is 353 g/mol. The Kier molecular flexibility index (Phi) is 4.30. The molecule has 25 heavy (non-hydrogen) atoms. The summed E-state index contributed by atoms with van der Waals surface area (Å²) in [5.41, 5.74) is 3.17. The molecule has 3 rings (SSSR count). The number of aryl methyl sites for hydroxylation is 2. The van der Waals surface area contributed by atoms with Gasteiger partial charge in [-0.2, -0.15) is 5.26 Å². The van der Waals surface area contributed by atoms with Crippen LogP contribution in [0, 0.1) is 25.2 Å². The van der Waals surface area contributed by atoms with E-state index in [0.717, 1.165) is 16.8 Å². The monoisotopic (exact) mass is 353 g/mol. The van der Waals surface area contributed by atoms with Crippen molar-refractivity contribution < 1.29 is 12.9 Å². The third kappa shape index (κ3) is 3.39. The highest BCUT2D eigenvalue weighted by atomic mass is 32.2. The summed E-state index contributed by atoms with van der Waals surface area (Å²) in [5, 5.41) is 12.8. The predicted octanol–water partition coefficient (Wildman–Crippen LogP) is 3.63. The SMILES string of the molecule is Cc1noc(C)c1-c1ccc(S(=O)(=O)Nc2cccc(C#N)c2)cc1. The average Bonchev–Trinajstić information content (AvgIpc) is 2.93. The van der Waals surface area contributed by atoms with Crippen LogP contribution in [0.1, 0.15) is 17.0 Å². The summed E-state index contributed by atoms with van der Waals surface area (Å²) in [4.78, 5) is 0.130. The first-order valence-electron chi connectivity index (χ1n) is 7.47. The molecule has 0 spiro atoms. The van der Waals surface area contributed by atoms with E-state index >= 15 is 0 Å². The summed E-state index contributed by atoms with van der Waals surface area (Å²) < 4.78 is 32.6. The van der Waals surface area contributed by atoms with Gasteiger partial charge in [0.2, 0.25) is 0 Å². The van der Waals surface area contributed by atoms with Crippen molar-refractivity contribution >= 4 is 15.7 Å². The van der Waals surface area contributed by atoms with Gasteiger partial charge in [0.25, 0.3) is 10.0 Å². The summed E-state index contributed by atoms with van der Waals surface area (Å²) in [7, 11) is -3.74. The Balaban J connectivity index is 1.89. The van der Waals surface area contributed by atoms with Gasteiger partial charge < -0.3 is 4.52 Å². The number of nitrogens with zero attached hydrogens (tertiary/aromatic N) is 2. The molecule has 0 bridgehead atoms. The molecule has 0 atom stereocenters. The van der Waals surface area contributed by atoms with Crippen molar-refractivity contribution in [2.75, 3.05) is 4.72 Å². The van der Waals surface area contributed by atoms with Crippen LogP contribution in [0.25, 0.3) is 11.1 Å². The highest BCUT2D eigenvalue weighted by molar-refractivity contribution is 7.92. The largest absolute Gasteiger partial charge is 0.361 e. The van der Waals surface area contributed by atoms with Crippen molar-refractivity contribution in [1.82, 2.24) is 5.16 Å². The molecule has 0 amide bonds. The molecule has 0 saturated carbocycles. The van der Waals surface area contributed by atoms with Crippen molar-refractivity contribution in [2.24, 2.45) is 0 Å². The summed E-state index contributed by atoms with van der Waals surface area (Å²) >= 11 is 0. The minimum atomic E-state index is -3.74. The van der Waals surface area contributed by atoms with Gasteiger partial charge >= 0.3 is 0 Å². The normalized spacial score (nSPS) is 11.1. The molecule has 3 aromatic rings. The summed E-state index contributed by atoms with van der Waals surface area (Å²) in [6, 6.07) is 14.8. The van der Waals surface area contributed by atoms with E-state index in [-0.39, 0.29) is 4.90 Å². The maximum atomic E-state index is 12.5. The van der Waals surface area contributed by atoms with Crippen LogP contribution in [0.15, 0.2) is 57.9 Å². The lowest BCUT2D eigenvalue weighted by Crippen LogP contribution is -2.12. The summed E-state index contributed by atoms with van der Waals surface area (Å²) in [5.74, 6) is 0.680. The van der Waals surface area contributed by atoms with Crippen LogP contribution < -0.4 is 4.72 Å². The van der Waals surface area contributed by atoms with E-state index in [1.54, 1.807) is 30.3 Å². The second-order valence-electron chi connectivity index (χ2n) is 5.52. The molecule has 0 aliphatic carbocycles. The van der Waals surface area contributed by atoms with Gasteiger partial charge in [0.1, 0.15) is 5.76 Å². The second-order valence-corrected chi connectivity index (χ2v) is 7.20.